The van der Waals surface area contributed by atoms with E-state index < -0.39 is 125 Å². The van der Waals surface area contributed by atoms with Gasteiger partial charge in [-0.25, -0.2) is 0 Å². The minimum atomic E-state index is -2.00. The smallest absolute Gasteiger partial charge is 0.245 e. The highest BCUT2D eigenvalue weighted by molar-refractivity contribution is 14.1. The number of guanidine groups is 2. The summed E-state index contributed by atoms with van der Waals surface area (Å²) in [6.07, 6.45) is 1.44. The molecule has 44 heteroatoms. The van der Waals surface area contributed by atoms with Gasteiger partial charge in [0.2, 0.25) is 76.8 Å². The van der Waals surface area contributed by atoms with Gasteiger partial charge in [0, 0.05) is 157 Å². The van der Waals surface area contributed by atoms with Gasteiger partial charge in [0.15, 0.2) is 23.9 Å². The summed E-state index contributed by atoms with van der Waals surface area (Å²) >= 11 is 3.87. The number of phenolic OH excluding ortho intramolecular Hbond substituents is 2. The van der Waals surface area contributed by atoms with Crippen LogP contribution >= 0.6 is 45.2 Å². The fraction of sp³-hybridized carbons (Fsp3) is 0.505. The Balaban J connectivity index is 0.714. The number of carbonyl (C=O) groups is 14. The SMILES string of the molecule is CN1C(=O)[C@H](Cc2ccc(O)c(I)c2)NC(=O)CNC(=O)[C@@H](CCc2ccc3ccccc3c2)NC(=O)[C@@H](CCCNC(=N)N)NC(=O)[C@@H]1CCCNC(=O)CCCC(=O)NC12CNCCNCC(NC(=O)CCCC(=O)NCCC[C@@H]3C(=O)N[C@@H](CCCNC(=N)N)C(=O)N[C@@H](Cc4ccc5ccccc5c4)C(=O)NCC(=O)N[C@](C=O)(Cc4ccc(O)c(I)c4)N3C)(CNCCNC1)CNCCNC2. The van der Waals surface area contributed by atoms with E-state index in [0.717, 1.165) is 27.1 Å². The van der Waals surface area contributed by atoms with Crippen LogP contribution in [0.15, 0.2) is 121 Å². The second-order valence-corrected chi connectivity index (χ2v) is 38.7. The molecule has 11 rings (SSSR count). The van der Waals surface area contributed by atoms with Crippen LogP contribution in [0.1, 0.15) is 119 Å². The molecule has 8 atom stereocenters. The van der Waals surface area contributed by atoms with Gasteiger partial charge in [-0.2, -0.15) is 0 Å². The molecule has 5 aliphatic rings. The topological polar surface area (TPSA) is 626 Å². The number of amides is 13. The van der Waals surface area contributed by atoms with Crippen molar-refractivity contribution in [2.45, 2.75) is 181 Å². The van der Waals surface area contributed by atoms with Crippen molar-refractivity contribution in [1.82, 2.24) is 116 Å². The number of halogens is 2. The first-order chi connectivity index (χ1) is 67.7. The summed E-state index contributed by atoms with van der Waals surface area (Å²) in [6.45, 7) is 3.96. The van der Waals surface area contributed by atoms with Crippen LogP contribution in [0.3, 0.4) is 0 Å². The molecule has 28 N–H and O–H groups in total. The molecule has 42 nitrogen and oxygen atoms in total. The van der Waals surface area contributed by atoms with E-state index in [1.165, 1.54) is 36.0 Å². The van der Waals surface area contributed by atoms with Crippen LogP contribution in [0.4, 0.5) is 0 Å². The highest BCUT2D eigenvalue weighted by atomic mass is 127. The average molecular weight is 2180 g/mol. The molecule has 5 fully saturated rings. The minimum absolute atomic E-state index is 0.000402. The predicted octanol–water partition coefficient (Wildman–Crippen LogP) is -1.97. The molecule has 6 aromatic carbocycles. The molecular weight excluding hydrogens is 2040 g/mol. The van der Waals surface area contributed by atoms with Gasteiger partial charge < -0.3 is 133 Å². The standard InChI is InChI=1S/C97H136I2N26O16/c1-124-76(90(139)118-71(17-9-37-112-93(100)101)88(137)117-73(32-27-61-25-30-65-13-3-5-15-67(65)45-61)86(135)114-52-84(133)116-75(92(124)141)50-63-28-33-78(127)69(98)47-63)19-11-35-110-80(129)21-7-23-82(131)121-95-54-104-39-42-107-57-96(58-108-43-40-105-55-95,59-109-44-41-106-56-95)122-83(132)24-8-22-81(130)111-36-12-20-77-91(140)119-72(18-10-38-113-94(102)103)89(138)120-74(49-62-26-31-66-14-4-6-16-68(66)46-62)87(136)115-53-85(134)123-97(60-126,125(77)2)51-64-29-34-79(128)70(99)48-64/h3-6,13-16,25-26,28-31,33-34,45-48,60,71-77,104-109,127-128H,7-12,17-24,27,32,35-44,49-59H2,1-2H3,(H,110,129)(H,111,130)(H,114,135)(H,115,136)(H,116,133)(H,117,137)(H,118,139)(H,119,140)(H,120,138)(H,121,131)(H,122,132)(H,123,134)(H4,100,101,112)(H4,102,103,113)/t71-,72+,73-,74+,75+,76+,77-,95?,96?,97-/m1/s1. The maximum atomic E-state index is 15.1. The molecule has 0 radical (unpaired) electrons. The number of carbonyl (C=O) groups excluding carboxylic acids is 14. The fourth-order valence-electron chi connectivity index (χ4n) is 17.6. The summed E-state index contributed by atoms with van der Waals surface area (Å²) in [5.41, 5.74) is 10.1. The summed E-state index contributed by atoms with van der Waals surface area (Å²) in [4.78, 5) is 203. The van der Waals surface area contributed by atoms with Crippen molar-refractivity contribution >= 4 is 162 Å². The van der Waals surface area contributed by atoms with Gasteiger partial charge in [-0.15, -0.1) is 0 Å². The van der Waals surface area contributed by atoms with E-state index in [9.17, 15) is 72.5 Å². The van der Waals surface area contributed by atoms with Crippen LogP contribution < -0.4 is 118 Å². The fourth-order valence-corrected chi connectivity index (χ4v) is 18.8. The Labute approximate surface area is 847 Å². The third-order valence-corrected chi connectivity index (χ3v) is 27.1. The van der Waals surface area contributed by atoms with Crippen LogP contribution in [0.25, 0.3) is 21.5 Å². The number of likely N-dealkylation sites (N-methyl/N-ethyl adjacent to an activating group) is 2. The molecular formula is C97H136I2N26O16. The second-order valence-electron chi connectivity index (χ2n) is 36.4. The van der Waals surface area contributed by atoms with E-state index in [4.69, 9.17) is 22.3 Å². The van der Waals surface area contributed by atoms with E-state index in [-0.39, 0.29) is 189 Å². The van der Waals surface area contributed by atoms with E-state index in [0.29, 0.717) is 115 Å². The highest BCUT2D eigenvalue weighted by Gasteiger charge is 2.45. The number of aryl methyl sites for hydroxylation is 1. The number of nitrogens with two attached hydrogens (primary N) is 2. The number of fused-ring (bicyclic) bond motifs is 17. The van der Waals surface area contributed by atoms with Crippen LogP contribution in [0, 0.1) is 18.0 Å². The van der Waals surface area contributed by atoms with Crippen molar-refractivity contribution in [3.8, 4) is 11.5 Å². The molecule has 5 heterocycles. The van der Waals surface area contributed by atoms with E-state index in [1.807, 2.05) is 130 Å². The number of nitrogens with one attached hydrogen (secondary N) is 22. The maximum absolute atomic E-state index is 15.1. The number of hydrogen-bond donors (Lipinski definition) is 26. The number of hydrogen-bond acceptors (Lipinski definition) is 25. The van der Waals surface area contributed by atoms with E-state index >= 15 is 4.79 Å². The molecule has 6 aromatic rings. The lowest BCUT2D eigenvalue weighted by Gasteiger charge is -2.42. The lowest BCUT2D eigenvalue weighted by Crippen LogP contribution is -2.68. The van der Waals surface area contributed by atoms with Gasteiger partial charge in [0.05, 0.1) is 37.3 Å². The molecule has 764 valence electrons. The number of nitrogens with zero attached hydrogens (tertiary/aromatic N) is 2. The normalized spacial score (nSPS) is 22.9. The Hall–Kier alpha value is -12.1. The van der Waals surface area contributed by atoms with Gasteiger partial charge in [-0.05, 0) is 197 Å². The summed E-state index contributed by atoms with van der Waals surface area (Å²) in [5, 5.41) is 101. The molecule has 0 spiro atoms. The van der Waals surface area contributed by atoms with E-state index in [2.05, 4.69) is 106 Å². The molecule has 13 amide bonds. The Kier molecular flexibility index (Phi) is 44.0. The first kappa shape index (κ1) is 111. The quantitative estimate of drug-likeness (QED) is 0.00667. The Morgan fingerprint density at radius 2 is 0.809 bits per heavy atom. The zero-order valence-electron chi connectivity index (χ0n) is 79.7. The van der Waals surface area contributed by atoms with Gasteiger partial charge in [0.1, 0.15) is 47.8 Å². The average Bonchev–Trinajstić information content (AvgIpc) is 0.995. The van der Waals surface area contributed by atoms with Crippen molar-refractivity contribution in [3.63, 3.8) is 0 Å². The largest absolute Gasteiger partial charge is 0.507 e. The zero-order chi connectivity index (χ0) is 101. The highest BCUT2D eigenvalue weighted by Crippen LogP contribution is 2.29. The molecule has 5 saturated heterocycles. The molecule has 0 saturated carbocycles. The summed E-state index contributed by atoms with van der Waals surface area (Å²) < 4.78 is 0.911. The van der Waals surface area contributed by atoms with Crippen LogP contribution in [-0.2, 0) is 92.8 Å². The first-order valence-corrected chi connectivity index (χ1v) is 50.1. The van der Waals surface area contributed by atoms with Crippen molar-refractivity contribution in [1.29, 1.82) is 10.8 Å². The van der Waals surface area contributed by atoms with Crippen molar-refractivity contribution in [2.75, 3.05) is 132 Å². The molecule has 0 aliphatic carbocycles. The first-order valence-electron chi connectivity index (χ1n) is 48.0. The number of aromatic hydroxyl groups is 2. The van der Waals surface area contributed by atoms with Gasteiger partial charge in [0.25, 0.3) is 0 Å². The monoisotopic (exact) mass is 2170 g/mol. The summed E-state index contributed by atoms with van der Waals surface area (Å²) in [7, 11) is 2.87. The molecule has 2 bridgehead atoms. The summed E-state index contributed by atoms with van der Waals surface area (Å²) in [5.74, 6) is -8.54. The Bertz CT molecular complexity index is 5330. The zero-order valence-corrected chi connectivity index (χ0v) is 84.1. The van der Waals surface area contributed by atoms with E-state index in [1.54, 1.807) is 24.3 Å². The third-order valence-electron chi connectivity index (χ3n) is 25.4. The molecule has 0 aromatic heterocycles. The van der Waals surface area contributed by atoms with Crippen molar-refractivity contribution < 1.29 is 77.3 Å². The number of rotatable bonds is 36. The molecule has 5 aliphatic heterocycles. The lowest BCUT2D eigenvalue weighted by molar-refractivity contribution is -0.142. The number of phenols is 2. The van der Waals surface area contributed by atoms with Crippen molar-refractivity contribution in [2.24, 2.45) is 11.5 Å². The minimum Gasteiger partial charge on any atom is -0.507 e. The van der Waals surface area contributed by atoms with Gasteiger partial charge in [-0.3, -0.25) is 82.8 Å². The predicted molar refractivity (Wildman–Crippen MR) is 549 cm³/mol. The second kappa shape index (κ2) is 56.0. The van der Waals surface area contributed by atoms with Gasteiger partial charge >= 0.3 is 0 Å². The van der Waals surface area contributed by atoms with Crippen LogP contribution in [0.5, 0.6) is 11.5 Å². The Morgan fingerprint density at radius 3 is 1.30 bits per heavy atom. The van der Waals surface area contributed by atoms with Gasteiger partial charge in [-0.1, -0.05) is 97.1 Å². The van der Waals surface area contributed by atoms with Crippen LogP contribution in [-0.4, -0.2) is 306 Å². The van der Waals surface area contributed by atoms with Crippen molar-refractivity contribution in [3.05, 3.63) is 151 Å². The third kappa shape index (κ3) is 35.5. The number of benzene rings is 6. The number of aldehydes is 1. The molecule has 0 unspecified atom stereocenters. The maximum Gasteiger partial charge on any atom is 0.245 e. The summed E-state index contributed by atoms with van der Waals surface area (Å²) in [6, 6.07) is 27.3. The van der Waals surface area contributed by atoms with Crippen LogP contribution in [0.2, 0.25) is 0 Å². The lowest BCUT2D eigenvalue weighted by atomic mass is 9.95. The molecule has 141 heavy (non-hydrogen) atoms. The Morgan fingerprint density at radius 1 is 0.426 bits per heavy atom.